The fourth-order valence-electron chi connectivity index (χ4n) is 3.58. The maximum absolute atomic E-state index is 6.40. The third-order valence-corrected chi connectivity index (χ3v) is 5.12. The van der Waals surface area contributed by atoms with E-state index in [0.29, 0.717) is 0 Å². The highest BCUT2D eigenvalue weighted by Gasteiger charge is 2.32. The topological polar surface area (TPSA) is 18.5 Å². The average molecular weight is 367 g/mol. The Morgan fingerprint density at radius 2 is 1.69 bits per heavy atom. The summed E-state index contributed by atoms with van der Waals surface area (Å²) < 4.78 is 12.5. The van der Waals surface area contributed by atoms with E-state index < -0.39 is 0 Å². The molecular weight excluding hydrogens is 344 g/mol. The Kier molecular flexibility index (Phi) is 3.92. The molecule has 2 aromatic carbocycles. The minimum atomic E-state index is -0.389. The third kappa shape index (κ3) is 3.14. The Balaban J connectivity index is 1.81. The predicted molar refractivity (Wildman–Crippen MR) is 108 cm³/mol. The van der Waals surface area contributed by atoms with Crippen LogP contribution in [0.15, 0.2) is 48.6 Å². The highest BCUT2D eigenvalue weighted by Crippen LogP contribution is 2.46. The Morgan fingerprint density at radius 3 is 2.46 bits per heavy atom. The van der Waals surface area contributed by atoms with Crippen LogP contribution < -0.4 is 9.47 Å². The normalized spacial score (nSPS) is 18.9. The van der Waals surface area contributed by atoms with E-state index in [1.54, 1.807) is 0 Å². The maximum atomic E-state index is 6.40. The first-order valence-electron chi connectivity index (χ1n) is 8.94. The van der Waals surface area contributed by atoms with E-state index in [1.165, 1.54) is 5.57 Å². The van der Waals surface area contributed by atoms with Crippen LogP contribution in [0.3, 0.4) is 0 Å². The van der Waals surface area contributed by atoms with E-state index >= 15 is 0 Å². The van der Waals surface area contributed by atoms with Crippen molar-refractivity contribution in [2.45, 2.75) is 45.3 Å². The van der Waals surface area contributed by atoms with Gasteiger partial charge in [0.1, 0.15) is 22.7 Å². The van der Waals surface area contributed by atoms with Crippen molar-refractivity contribution in [2.24, 2.45) is 0 Å². The van der Waals surface area contributed by atoms with Crippen molar-refractivity contribution in [1.29, 1.82) is 0 Å². The summed E-state index contributed by atoms with van der Waals surface area (Å²) in [4.78, 5) is 0. The van der Waals surface area contributed by atoms with Gasteiger partial charge in [0.15, 0.2) is 0 Å². The number of halogens is 1. The van der Waals surface area contributed by atoms with Crippen molar-refractivity contribution in [3.63, 3.8) is 0 Å². The van der Waals surface area contributed by atoms with Gasteiger partial charge in [0.2, 0.25) is 0 Å². The van der Waals surface area contributed by atoms with Gasteiger partial charge in [-0.05, 0) is 81.7 Å². The molecule has 0 radical (unpaired) electrons. The smallest absolute Gasteiger partial charge is 0.139 e. The van der Waals surface area contributed by atoms with Gasteiger partial charge in [-0.15, -0.1) is 0 Å². The molecule has 0 saturated heterocycles. The second kappa shape index (κ2) is 5.92. The number of hydrogen-bond donors (Lipinski definition) is 0. The van der Waals surface area contributed by atoms with Crippen LogP contribution in [-0.2, 0) is 6.42 Å². The van der Waals surface area contributed by atoms with Crippen molar-refractivity contribution < 1.29 is 9.47 Å². The largest absolute Gasteiger partial charge is 0.483 e. The SMILES string of the molecule is CC1(C)C=Cc2c(ccc3c2OC(C)(C)C=C3Cc2ccccc2Cl)O1. The molecule has 0 unspecified atom stereocenters. The Bertz CT molecular complexity index is 935. The van der Waals surface area contributed by atoms with Gasteiger partial charge < -0.3 is 9.47 Å². The maximum Gasteiger partial charge on any atom is 0.139 e. The minimum absolute atomic E-state index is 0.304. The molecule has 0 atom stereocenters. The van der Waals surface area contributed by atoms with Crippen LogP contribution in [0.2, 0.25) is 5.02 Å². The highest BCUT2D eigenvalue weighted by atomic mass is 35.5. The lowest BCUT2D eigenvalue weighted by atomic mass is 9.88. The third-order valence-electron chi connectivity index (χ3n) is 4.75. The first-order chi connectivity index (χ1) is 12.2. The van der Waals surface area contributed by atoms with Crippen LogP contribution in [-0.4, -0.2) is 11.2 Å². The Labute approximate surface area is 160 Å². The van der Waals surface area contributed by atoms with Crippen molar-refractivity contribution in [1.82, 2.24) is 0 Å². The van der Waals surface area contributed by atoms with E-state index in [-0.39, 0.29) is 11.2 Å². The molecule has 0 spiro atoms. The lowest BCUT2D eigenvalue weighted by Crippen LogP contribution is -2.31. The summed E-state index contributed by atoms with van der Waals surface area (Å²) in [5.41, 5.74) is 3.77. The molecule has 0 saturated carbocycles. The van der Waals surface area contributed by atoms with Crippen LogP contribution in [0.4, 0.5) is 0 Å². The van der Waals surface area contributed by atoms with Crippen LogP contribution in [0.1, 0.15) is 44.4 Å². The van der Waals surface area contributed by atoms with Crippen LogP contribution in [0, 0.1) is 0 Å². The fourth-order valence-corrected chi connectivity index (χ4v) is 3.78. The summed E-state index contributed by atoms with van der Waals surface area (Å²) in [6.45, 7) is 8.28. The second-order valence-electron chi connectivity index (χ2n) is 8.04. The first kappa shape index (κ1) is 17.2. The highest BCUT2D eigenvalue weighted by molar-refractivity contribution is 6.31. The van der Waals surface area contributed by atoms with E-state index in [0.717, 1.165) is 39.6 Å². The van der Waals surface area contributed by atoms with E-state index in [4.69, 9.17) is 21.1 Å². The molecule has 2 aliphatic heterocycles. The number of allylic oxidation sites excluding steroid dienone is 1. The molecule has 0 aliphatic carbocycles. The molecule has 4 rings (SSSR count). The fraction of sp³-hybridized carbons (Fsp3) is 0.304. The first-order valence-corrected chi connectivity index (χ1v) is 9.32. The van der Waals surface area contributed by atoms with Gasteiger partial charge in [-0.1, -0.05) is 29.8 Å². The molecule has 0 N–H and O–H groups in total. The summed E-state index contributed by atoms with van der Waals surface area (Å²) in [6, 6.07) is 12.1. The van der Waals surface area contributed by atoms with Crippen LogP contribution in [0.5, 0.6) is 11.5 Å². The Morgan fingerprint density at radius 1 is 0.923 bits per heavy atom. The number of ether oxygens (including phenoxy) is 2. The molecular formula is C23H23ClO2. The summed E-state index contributed by atoms with van der Waals surface area (Å²) in [7, 11) is 0. The number of benzene rings is 2. The molecule has 26 heavy (non-hydrogen) atoms. The van der Waals surface area contributed by atoms with Gasteiger partial charge >= 0.3 is 0 Å². The Hall–Kier alpha value is -2.19. The van der Waals surface area contributed by atoms with Gasteiger partial charge in [-0.2, -0.15) is 0 Å². The summed E-state index contributed by atoms with van der Waals surface area (Å²) in [5.74, 6) is 1.76. The number of fused-ring (bicyclic) bond motifs is 3. The zero-order chi connectivity index (χ0) is 18.5. The van der Waals surface area contributed by atoms with Crippen LogP contribution in [0.25, 0.3) is 11.6 Å². The number of rotatable bonds is 2. The summed E-state index contributed by atoms with van der Waals surface area (Å²) >= 11 is 6.40. The van der Waals surface area contributed by atoms with Crippen molar-refractivity contribution in [3.05, 3.63) is 70.3 Å². The van der Waals surface area contributed by atoms with Crippen LogP contribution >= 0.6 is 11.6 Å². The standard InChI is InChI=1S/C23H23ClO2/c1-22(2)12-11-18-20(25-22)10-9-17-16(14-23(3,4)26-21(17)18)13-15-7-5-6-8-19(15)24/h5-12,14H,13H2,1-4H3. The lowest BCUT2D eigenvalue weighted by Gasteiger charge is -2.35. The van der Waals surface area contributed by atoms with Gasteiger partial charge in [-0.3, -0.25) is 0 Å². The van der Waals surface area contributed by atoms with E-state index in [2.05, 4.69) is 58.1 Å². The molecule has 0 aromatic heterocycles. The average Bonchev–Trinajstić information content (AvgIpc) is 2.54. The monoisotopic (exact) mass is 366 g/mol. The van der Waals surface area contributed by atoms with E-state index in [9.17, 15) is 0 Å². The summed E-state index contributed by atoms with van der Waals surface area (Å²) in [6.07, 6.45) is 7.17. The minimum Gasteiger partial charge on any atom is -0.483 e. The van der Waals surface area contributed by atoms with Crippen molar-refractivity contribution in [3.8, 4) is 11.5 Å². The van der Waals surface area contributed by atoms with Gasteiger partial charge in [-0.25, -0.2) is 0 Å². The molecule has 2 nitrogen and oxygen atoms in total. The van der Waals surface area contributed by atoms with Crippen molar-refractivity contribution >= 4 is 23.3 Å². The predicted octanol–water partition coefficient (Wildman–Crippen LogP) is 6.32. The zero-order valence-electron chi connectivity index (χ0n) is 15.6. The summed E-state index contributed by atoms with van der Waals surface area (Å²) in [5, 5.41) is 0.794. The lowest BCUT2D eigenvalue weighted by molar-refractivity contribution is 0.145. The molecule has 2 aliphatic rings. The molecule has 134 valence electrons. The molecule has 2 heterocycles. The molecule has 0 amide bonds. The van der Waals surface area contributed by atoms with Gasteiger partial charge in [0.25, 0.3) is 0 Å². The number of hydrogen-bond acceptors (Lipinski definition) is 2. The van der Waals surface area contributed by atoms with Gasteiger partial charge in [0.05, 0.1) is 5.56 Å². The second-order valence-corrected chi connectivity index (χ2v) is 8.44. The molecule has 3 heteroatoms. The molecule has 2 aromatic rings. The zero-order valence-corrected chi connectivity index (χ0v) is 16.4. The van der Waals surface area contributed by atoms with E-state index in [1.807, 2.05) is 24.3 Å². The molecule has 0 fully saturated rings. The molecule has 0 bridgehead atoms. The van der Waals surface area contributed by atoms with Crippen molar-refractivity contribution in [2.75, 3.05) is 0 Å². The van der Waals surface area contributed by atoms with Gasteiger partial charge in [0, 0.05) is 10.6 Å². The quantitative estimate of drug-likeness (QED) is 0.619.